The molecule has 5 heteroatoms. The molecule has 0 fully saturated rings. The molecule has 2 aromatic rings. The number of halogens is 2. The summed E-state index contributed by atoms with van der Waals surface area (Å²) in [6, 6.07) is 7.90. The van der Waals surface area contributed by atoms with E-state index in [0.29, 0.717) is 4.64 Å². The topological polar surface area (TPSA) is 28.7 Å². The van der Waals surface area contributed by atoms with Gasteiger partial charge in [0.05, 0.1) is 4.47 Å². The lowest BCUT2D eigenvalue weighted by Gasteiger charge is -2.06. The third-order valence-corrected chi connectivity index (χ3v) is 4.38. The van der Waals surface area contributed by atoms with Crippen molar-refractivity contribution in [2.75, 3.05) is 0 Å². The van der Waals surface area contributed by atoms with Crippen LogP contribution in [0.25, 0.3) is 11.4 Å². The van der Waals surface area contributed by atoms with Crippen LogP contribution in [0.15, 0.2) is 33.2 Å². The van der Waals surface area contributed by atoms with E-state index in [2.05, 4.69) is 41.8 Å². The Labute approximate surface area is 115 Å². The van der Waals surface area contributed by atoms with Crippen LogP contribution < -0.4 is 0 Å². The highest BCUT2D eigenvalue weighted by Gasteiger charge is 2.07. The molecular formula is C11H8Br2N2S. The Bertz CT molecular complexity index is 593. The smallest absolute Gasteiger partial charge is 0.144 e. The van der Waals surface area contributed by atoms with Crippen molar-refractivity contribution in [1.29, 1.82) is 0 Å². The van der Waals surface area contributed by atoms with Crippen molar-refractivity contribution < 1.29 is 0 Å². The van der Waals surface area contributed by atoms with E-state index in [1.54, 1.807) is 0 Å². The van der Waals surface area contributed by atoms with Gasteiger partial charge < -0.3 is 4.98 Å². The Hall–Kier alpha value is -0.520. The van der Waals surface area contributed by atoms with E-state index in [1.165, 1.54) is 0 Å². The molecule has 16 heavy (non-hydrogen) atoms. The third-order valence-electron chi connectivity index (χ3n) is 2.17. The van der Waals surface area contributed by atoms with Gasteiger partial charge in [0.1, 0.15) is 10.5 Å². The maximum atomic E-state index is 5.18. The third kappa shape index (κ3) is 2.26. The van der Waals surface area contributed by atoms with Crippen molar-refractivity contribution >= 4 is 44.1 Å². The Balaban J connectivity index is 2.67. The van der Waals surface area contributed by atoms with Gasteiger partial charge in [0.2, 0.25) is 0 Å². The van der Waals surface area contributed by atoms with Gasteiger partial charge in [-0.15, -0.1) is 0 Å². The van der Waals surface area contributed by atoms with Crippen molar-refractivity contribution in [3.8, 4) is 11.4 Å². The van der Waals surface area contributed by atoms with Gasteiger partial charge in [-0.3, -0.25) is 0 Å². The zero-order valence-electron chi connectivity index (χ0n) is 8.42. The maximum absolute atomic E-state index is 5.18. The van der Waals surface area contributed by atoms with Gasteiger partial charge >= 0.3 is 0 Å². The summed E-state index contributed by atoms with van der Waals surface area (Å²) >= 11 is 12.1. The van der Waals surface area contributed by atoms with Crippen molar-refractivity contribution in [2.45, 2.75) is 6.92 Å². The minimum atomic E-state index is 0.571. The summed E-state index contributed by atoms with van der Waals surface area (Å²) in [5, 5.41) is 0. The second kappa shape index (κ2) is 4.77. The fourth-order valence-electron chi connectivity index (χ4n) is 1.35. The number of aromatic amines is 1. The number of H-pyrrole nitrogens is 1. The quantitative estimate of drug-likeness (QED) is 0.751. The summed E-state index contributed by atoms with van der Waals surface area (Å²) in [6.07, 6.45) is 0. The van der Waals surface area contributed by atoms with Crippen LogP contribution in [0, 0.1) is 11.6 Å². The predicted octanol–water partition coefficient (Wildman–Crippen LogP) is 4.64. The van der Waals surface area contributed by atoms with E-state index in [9.17, 15) is 0 Å². The van der Waals surface area contributed by atoms with Crippen molar-refractivity contribution in [2.24, 2.45) is 0 Å². The molecule has 0 bridgehead atoms. The lowest BCUT2D eigenvalue weighted by atomic mass is 10.2. The Morgan fingerprint density at radius 3 is 2.56 bits per heavy atom. The van der Waals surface area contributed by atoms with Gasteiger partial charge in [-0.1, -0.05) is 46.3 Å². The highest BCUT2D eigenvalue weighted by atomic mass is 79.9. The van der Waals surface area contributed by atoms with E-state index in [-0.39, 0.29) is 0 Å². The van der Waals surface area contributed by atoms with Crippen LogP contribution in [0.3, 0.4) is 0 Å². The molecule has 0 unspecified atom stereocenters. The average molecular weight is 360 g/mol. The highest BCUT2D eigenvalue weighted by molar-refractivity contribution is 9.11. The van der Waals surface area contributed by atoms with E-state index >= 15 is 0 Å². The average Bonchev–Trinajstić information content (AvgIpc) is 2.26. The first-order valence-corrected chi connectivity index (χ1v) is 6.60. The molecular weight excluding hydrogens is 352 g/mol. The summed E-state index contributed by atoms with van der Waals surface area (Å²) in [5.41, 5.74) is 1.98. The van der Waals surface area contributed by atoms with Gasteiger partial charge in [0, 0.05) is 15.7 Å². The van der Waals surface area contributed by atoms with E-state index in [0.717, 1.165) is 26.0 Å². The number of hydrogen-bond acceptors (Lipinski definition) is 2. The van der Waals surface area contributed by atoms with Gasteiger partial charge in [0.25, 0.3) is 0 Å². The molecule has 1 heterocycles. The van der Waals surface area contributed by atoms with Crippen LogP contribution >= 0.6 is 44.1 Å². The van der Waals surface area contributed by atoms with Crippen LogP contribution in [0.1, 0.15) is 5.69 Å². The first-order chi connectivity index (χ1) is 7.59. The van der Waals surface area contributed by atoms with Gasteiger partial charge in [-0.25, -0.2) is 4.98 Å². The lowest BCUT2D eigenvalue weighted by molar-refractivity contribution is 1.08. The summed E-state index contributed by atoms with van der Waals surface area (Å²) in [7, 11) is 0. The number of aromatic nitrogens is 2. The minimum absolute atomic E-state index is 0.571. The molecule has 2 nitrogen and oxygen atoms in total. The number of rotatable bonds is 1. The number of nitrogens with zero attached hydrogens (tertiary/aromatic N) is 1. The van der Waals surface area contributed by atoms with Crippen molar-refractivity contribution in [1.82, 2.24) is 9.97 Å². The van der Waals surface area contributed by atoms with Crippen LogP contribution in [0.5, 0.6) is 0 Å². The molecule has 0 aliphatic heterocycles. The summed E-state index contributed by atoms with van der Waals surface area (Å²) in [5.74, 6) is 0.776. The normalized spacial score (nSPS) is 10.4. The Kier molecular flexibility index (Phi) is 3.56. The number of hydrogen-bond donors (Lipinski definition) is 1. The molecule has 1 aromatic carbocycles. The zero-order valence-corrected chi connectivity index (χ0v) is 12.4. The first-order valence-electron chi connectivity index (χ1n) is 4.61. The second-order valence-electron chi connectivity index (χ2n) is 3.31. The number of benzene rings is 1. The predicted molar refractivity (Wildman–Crippen MR) is 75.0 cm³/mol. The summed E-state index contributed by atoms with van der Waals surface area (Å²) in [6.45, 7) is 1.96. The molecule has 2 rings (SSSR count). The first kappa shape index (κ1) is 12.0. The van der Waals surface area contributed by atoms with Crippen LogP contribution in [0.2, 0.25) is 0 Å². The van der Waals surface area contributed by atoms with Crippen molar-refractivity contribution in [3.05, 3.63) is 43.5 Å². The largest absolute Gasteiger partial charge is 0.342 e. The van der Waals surface area contributed by atoms with Crippen molar-refractivity contribution in [3.63, 3.8) is 0 Å². The van der Waals surface area contributed by atoms with Gasteiger partial charge in [-0.2, -0.15) is 0 Å². The Morgan fingerprint density at radius 1 is 1.25 bits per heavy atom. The molecule has 0 saturated heterocycles. The molecule has 1 N–H and O–H groups in total. The lowest BCUT2D eigenvalue weighted by Crippen LogP contribution is -1.94. The number of aryl methyl sites for hydroxylation is 1. The molecule has 0 amide bonds. The summed E-state index contributed by atoms with van der Waals surface area (Å²) in [4.78, 5) is 7.57. The standard InChI is InChI=1S/C11H8Br2N2S/c1-6-9(13)11(16)15-10(14-6)7-4-2-3-5-8(7)12/h2-5H,1H3,(H,14,15,16). The zero-order chi connectivity index (χ0) is 11.7. The molecule has 0 radical (unpaired) electrons. The van der Waals surface area contributed by atoms with E-state index < -0.39 is 0 Å². The molecule has 0 atom stereocenters. The number of nitrogens with one attached hydrogen (secondary N) is 1. The van der Waals surface area contributed by atoms with E-state index in [1.807, 2.05) is 31.2 Å². The molecule has 0 spiro atoms. The molecule has 82 valence electrons. The maximum Gasteiger partial charge on any atom is 0.144 e. The van der Waals surface area contributed by atoms with Crippen LogP contribution in [-0.4, -0.2) is 9.97 Å². The highest BCUT2D eigenvalue weighted by Crippen LogP contribution is 2.26. The van der Waals surface area contributed by atoms with Crippen LogP contribution in [0.4, 0.5) is 0 Å². The van der Waals surface area contributed by atoms with E-state index in [4.69, 9.17) is 12.2 Å². The van der Waals surface area contributed by atoms with Gasteiger partial charge in [0.15, 0.2) is 0 Å². The van der Waals surface area contributed by atoms with Gasteiger partial charge in [-0.05, 0) is 28.9 Å². The summed E-state index contributed by atoms with van der Waals surface area (Å²) < 4.78 is 2.41. The SMILES string of the molecule is Cc1[nH]c(-c2ccccc2Br)nc(=S)c1Br. The second-order valence-corrected chi connectivity index (χ2v) is 5.34. The molecule has 0 aliphatic carbocycles. The fourth-order valence-corrected chi connectivity index (χ4v) is 2.26. The Morgan fingerprint density at radius 2 is 1.94 bits per heavy atom. The molecule has 1 aromatic heterocycles. The fraction of sp³-hybridized carbons (Fsp3) is 0.0909. The molecule has 0 saturated carbocycles. The monoisotopic (exact) mass is 358 g/mol. The molecule has 0 aliphatic rings. The van der Waals surface area contributed by atoms with Crippen LogP contribution in [-0.2, 0) is 0 Å². The minimum Gasteiger partial charge on any atom is -0.342 e.